The fraction of sp³-hybridized carbons (Fsp3) is 1.00. The molecular formula is C13H26N2O. The third-order valence-corrected chi connectivity index (χ3v) is 3.89. The van der Waals surface area contributed by atoms with Crippen molar-refractivity contribution in [2.24, 2.45) is 5.92 Å². The molecule has 0 bridgehead atoms. The Kier molecular flexibility index (Phi) is 5.07. The normalized spacial score (nSPS) is 29.4. The van der Waals surface area contributed by atoms with Gasteiger partial charge in [0.15, 0.2) is 0 Å². The summed E-state index contributed by atoms with van der Waals surface area (Å²) in [5, 5.41) is 3.61. The van der Waals surface area contributed by atoms with Crippen molar-refractivity contribution < 1.29 is 4.74 Å². The number of ether oxygens (including phenoxy) is 1. The molecule has 0 aliphatic carbocycles. The topological polar surface area (TPSA) is 24.5 Å². The monoisotopic (exact) mass is 226 g/mol. The first-order valence-corrected chi connectivity index (χ1v) is 6.89. The molecule has 2 rings (SSSR count). The lowest BCUT2D eigenvalue weighted by atomic mass is 10.0. The first-order valence-electron chi connectivity index (χ1n) is 6.89. The summed E-state index contributed by atoms with van der Waals surface area (Å²) < 4.78 is 5.49. The summed E-state index contributed by atoms with van der Waals surface area (Å²) in [6, 6.07) is 0.701. The van der Waals surface area contributed by atoms with Crippen molar-refractivity contribution in [3.8, 4) is 0 Å². The Morgan fingerprint density at radius 2 is 2.12 bits per heavy atom. The first kappa shape index (κ1) is 12.3. The third-order valence-electron chi connectivity index (χ3n) is 3.89. The Balaban J connectivity index is 1.56. The molecule has 2 fully saturated rings. The molecule has 94 valence electrons. The molecule has 2 saturated heterocycles. The summed E-state index contributed by atoms with van der Waals surface area (Å²) in [5.74, 6) is 0.750. The lowest BCUT2D eigenvalue weighted by Crippen LogP contribution is -2.40. The number of hydrogen-bond acceptors (Lipinski definition) is 3. The molecule has 2 unspecified atom stereocenters. The van der Waals surface area contributed by atoms with Crippen LogP contribution in [0.15, 0.2) is 0 Å². The van der Waals surface area contributed by atoms with Crippen LogP contribution in [0.25, 0.3) is 0 Å². The first-order chi connectivity index (χ1) is 7.86. The maximum absolute atomic E-state index is 5.49. The van der Waals surface area contributed by atoms with E-state index in [4.69, 9.17) is 4.74 Å². The number of rotatable bonds is 5. The van der Waals surface area contributed by atoms with Gasteiger partial charge < -0.3 is 10.1 Å². The average molecular weight is 226 g/mol. The molecule has 16 heavy (non-hydrogen) atoms. The highest BCUT2D eigenvalue weighted by Gasteiger charge is 2.18. The predicted molar refractivity (Wildman–Crippen MR) is 66.7 cm³/mol. The van der Waals surface area contributed by atoms with E-state index in [1.807, 2.05) is 0 Å². The average Bonchev–Trinajstić information content (AvgIpc) is 2.84. The molecule has 2 heterocycles. The second-order valence-corrected chi connectivity index (χ2v) is 5.33. The van der Waals surface area contributed by atoms with E-state index in [1.165, 1.54) is 38.8 Å². The van der Waals surface area contributed by atoms with Crippen molar-refractivity contribution in [3.05, 3.63) is 0 Å². The van der Waals surface area contributed by atoms with Gasteiger partial charge in [0, 0.05) is 25.7 Å². The van der Waals surface area contributed by atoms with E-state index in [1.54, 1.807) is 0 Å². The highest BCUT2D eigenvalue weighted by Crippen LogP contribution is 2.13. The highest BCUT2D eigenvalue weighted by molar-refractivity contribution is 4.75. The van der Waals surface area contributed by atoms with Gasteiger partial charge in [-0.15, -0.1) is 0 Å². The van der Waals surface area contributed by atoms with Crippen LogP contribution in [0.4, 0.5) is 0 Å². The Bertz CT molecular complexity index is 186. The Morgan fingerprint density at radius 1 is 1.31 bits per heavy atom. The molecule has 0 saturated carbocycles. The van der Waals surface area contributed by atoms with Crippen LogP contribution in [0.1, 0.15) is 32.6 Å². The summed E-state index contributed by atoms with van der Waals surface area (Å²) in [4.78, 5) is 2.60. The molecule has 0 aromatic heterocycles. The third kappa shape index (κ3) is 3.72. The van der Waals surface area contributed by atoms with E-state index in [9.17, 15) is 0 Å². The van der Waals surface area contributed by atoms with Gasteiger partial charge in [0.25, 0.3) is 0 Å². The van der Waals surface area contributed by atoms with Crippen molar-refractivity contribution >= 4 is 0 Å². The minimum Gasteiger partial charge on any atom is -0.381 e. The van der Waals surface area contributed by atoms with Gasteiger partial charge >= 0.3 is 0 Å². The van der Waals surface area contributed by atoms with Crippen LogP contribution in [0, 0.1) is 5.92 Å². The van der Waals surface area contributed by atoms with Gasteiger partial charge in [-0.25, -0.2) is 0 Å². The van der Waals surface area contributed by atoms with E-state index in [-0.39, 0.29) is 0 Å². The summed E-state index contributed by atoms with van der Waals surface area (Å²) >= 11 is 0. The lowest BCUT2D eigenvalue weighted by Gasteiger charge is -2.26. The van der Waals surface area contributed by atoms with Crippen LogP contribution in [0.2, 0.25) is 0 Å². The minimum atomic E-state index is 0.701. The van der Waals surface area contributed by atoms with Crippen LogP contribution in [0.5, 0.6) is 0 Å². The SMILES string of the molecule is CC(CNCC1CCCOC1)N1CCCC1. The molecule has 0 aromatic carbocycles. The van der Waals surface area contributed by atoms with Crippen LogP contribution < -0.4 is 5.32 Å². The number of nitrogens with zero attached hydrogens (tertiary/aromatic N) is 1. The molecular weight excluding hydrogens is 200 g/mol. The summed E-state index contributed by atoms with van der Waals surface area (Å²) in [5.41, 5.74) is 0. The van der Waals surface area contributed by atoms with Crippen LogP contribution in [0.3, 0.4) is 0 Å². The van der Waals surface area contributed by atoms with Crippen LogP contribution in [-0.4, -0.2) is 50.3 Å². The molecule has 3 heteroatoms. The molecule has 0 aromatic rings. The summed E-state index contributed by atoms with van der Waals surface area (Å²) in [6.45, 7) is 9.15. The fourth-order valence-corrected chi connectivity index (χ4v) is 2.78. The van der Waals surface area contributed by atoms with E-state index >= 15 is 0 Å². The van der Waals surface area contributed by atoms with E-state index < -0.39 is 0 Å². The van der Waals surface area contributed by atoms with Gasteiger partial charge in [0.05, 0.1) is 6.61 Å². The van der Waals surface area contributed by atoms with Gasteiger partial charge in [0.1, 0.15) is 0 Å². The van der Waals surface area contributed by atoms with E-state index in [2.05, 4.69) is 17.1 Å². The summed E-state index contributed by atoms with van der Waals surface area (Å²) in [6.07, 6.45) is 5.36. The Labute approximate surface area is 99.5 Å². The second-order valence-electron chi connectivity index (χ2n) is 5.33. The van der Waals surface area contributed by atoms with Crippen molar-refractivity contribution in [1.82, 2.24) is 10.2 Å². The quantitative estimate of drug-likeness (QED) is 0.768. The van der Waals surface area contributed by atoms with Crippen molar-refractivity contribution in [2.45, 2.75) is 38.6 Å². The van der Waals surface area contributed by atoms with Crippen molar-refractivity contribution in [3.63, 3.8) is 0 Å². The molecule has 0 radical (unpaired) electrons. The number of likely N-dealkylation sites (tertiary alicyclic amines) is 1. The fourth-order valence-electron chi connectivity index (χ4n) is 2.78. The molecule has 2 aliphatic rings. The maximum Gasteiger partial charge on any atom is 0.0506 e. The van der Waals surface area contributed by atoms with Gasteiger partial charge in [-0.1, -0.05) is 0 Å². The minimum absolute atomic E-state index is 0.701. The van der Waals surface area contributed by atoms with E-state index in [0.717, 1.165) is 32.2 Å². The van der Waals surface area contributed by atoms with Crippen LogP contribution in [-0.2, 0) is 4.74 Å². The zero-order valence-corrected chi connectivity index (χ0v) is 10.6. The summed E-state index contributed by atoms with van der Waals surface area (Å²) in [7, 11) is 0. The molecule has 2 atom stereocenters. The molecule has 3 nitrogen and oxygen atoms in total. The zero-order valence-electron chi connectivity index (χ0n) is 10.6. The van der Waals surface area contributed by atoms with Gasteiger partial charge in [-0.3, -0.25) is 4.90 Å². The Morgan fingerprint density at radius 3 is 2.81 bits per heavy atom. The largest absolute Gasteiger partial charge is 0.381 e. The van der Waals surface area contributed by atoms with Gasteiger partial charge in [0.2, 0.25) is 0 Å². The maximum atomic E-state index is 5.49. The number of nitrogens with one attached hydrogen (secondary N) is 1. The second kappa shape index (κ2) is 6.58. The number of hydrogen-bond donors (Lipinski definition) is 1. The lowest BCUT2D eigenvalue weighted by molar-refractivity contribution is 0.0542. The molecule has 2 aliphatic heterocycles. The predicted octanol–water partition coefficient (Wildman–Crippen LogP) is 1.49. The molecule has 0 amide bonds. The van der Waals surface area contributed by atoms with Crippen molar-refractivity contribution in [2.75, 3.05) is 39.4 Å². The highest BCUT2D eigenvalue weighted by atomic mass is 16.5. The van der Waals surface area contributed by atoms with Gasteiger partial charge in [-0.2, -0.15) is 0 Å². The van der Waals surface area contributed by atoms with Crippen molar-refractivity contribution in [1.29, 1.82) is 0 Å². The standard InChI is InChI=1S/C13H26N2O/c1-12(15-6-2-3-7-15)9-14-10-13-5-4-8-16-11-13/h12-14H,2-11H2,1H3. The van der Waals surface area contributed by atoms with E-state index in [0.29, 0.717) is 6.04 Å². The van der Waals surface area contributed by atoms with Crippen LogP contribution >= 0.6 is 0 Å². The van der Waals surface area contributed by atoms with Gasteiger partial charge in [-0.05, 0) is 51.6 Å². The zero-order chi connectivity index (χ0) is 11.2. The smallest absolute Gasteiger partial charge is 0.0506 e. The molecule has 1 N–H and O–H groups in total. The molecule has 0 spiro atoms. The Hall–Kier alpha value is -0.120.